The van der Waals surface area contributed by atoms with Gasteiger partial charge in [0.15, 0.2) is 0 Å². The lowest BCUT2D eigenvalue weighted by Gasteiger charge is -2.13. The Morgan fingerprint density at radius 2 is 1.88 bits per heavy atom. The van der Waals surface area contributed by atoms with E-state index >= 15 is 0 Å². The lowest BCUT2D eigenvalue weighted by molar-refractivity contribution is -0.250. The average Bonchev–Trinajstić information content (AvgIpc) is 1.21. The highest BCUT2D eigenvalue weighted by molar-refractivity contribution is 6.67. The number of amides is 1. The quantitative estimate of drug-likeness (QED) is 0.426. The molecule has 0 saturated carbocycles. The van der Waals surface area contributed by atoms with E-state index in [2.05, 4.69) is 0 Å². The number of nitrogens with one attached hydrogen (secondary N) is 1. The van der Waals surface area contributed by atoms with Crippen molar-refractivity contribution in [2.75, 3.05) is 0 Å². The summed E-state index contributed by atoms with van der Waals surface area (Å²) in [6.45, 7) is 0. The van der Waals surface area contributed by atoms with Gasteiger partial charge in [-0.2, -0.15) is 0 Å². The molecule has 0 unspecified atom stereocenters. The molecule has 0 aliphatic heterocycles. The van der Waals surface area contributed by atoms with Crippen LogP contribution in [-0.2, 0) is 0 Å². The molecule has 0 aromatic carbocycles. The fourth-order valence-corrected chi connectivity index (χ4v) is 0.347. The molecule has 0 atom stereocenters. The zero-order chi connectivity index (χ0) is 6.78. The molecule has 8 heavy (non-hydrogen) atoms. The number of rotatable bonds is 0. The van der Waals surface area contributed by atoms with Crippen molar-refractivity contribution < 1.29 is 9.90 Å². The second-order valence-electron chi connectivity index (χ2n) is 0.910. The summed E-state index contributed by atoms with van der Waals surface area (Å²) in [6, 6.07) is 0. The van der Waals surface area contributed by atoms with Gasteiger partial charge in [-0.15, -0.1) is 0 Å². The number of alkyl halides is 3. The van der Waals surface area contributed by atoms with Crippen LogP contribution in [0.5, 0.6) is 0 Å². The molecule has 0 aromatic rings. The predicted octanol–water partition coefficient (Wildman–Crippen LogP) is 0.247. The first kappa shape index (κ1) is 8.14. The third-order valence-electron chi connectivity index (χ3n) is 0.244. The molecule has 0 spiro atoms. The highest BCUT2D eigenvalue weighted by Crippen LogP contribution is 2.20. The van der Waals surface area contributed by atoms with E-state index in [1.807, 2.05) is 0 Å². The summed E-state index contributed by atoms with van der Waals surface area (Å²) in [5.41, 5.74) is 0. The summed E-state index contributed by atoms with van der Waals surface area (Å²) in [7, 11) is 0. The Hall–Kier alpha value is 0.140. The van der Waals surface area contributed by atoms with E-state index in [1.165, 1.54) is 5.32 Å². The fourth-order valence-electron chi connectivity index (χ4n) is 0.116. The number of carbonyl (C=O) groups excluding carboxylic acids is 1. The summed E-state index contributed by atoms with van der Waals surface area (Å²) in [4.78, 5) is 9.54. The van der Waals surface area contributed by atoms with Crippen LogP contribution in [0.1, 0.15) is 0 Å². The van der Waals surface area contributed by atoms with Crippen LogP contribution in [0.3, 0.4) is 0 Å². The summed E-state index contributed by atoms with van der Waals surface area (Å²) in [6.07, 6.45) is -1.62. The Kier molecular flexibility index (Phi) is 2.66. The second-order valence-corrected chi connectivity index (χ2v) is 3.19. The maximum Gasteiger partial charge on any atom is 0.266 e. The molecule has 1 amide bonds. The lowest BCUT2D eigenvalue weighted by Crippen LogP contribution is -2.43. The van der Waals surface area contributed by atoms with Crippen molar-refractivity contribution in [2.45, 2.75) is 3.92 Å². The van der Waals surface area contributed by atoms with Gasteiger partial charge in [0, 0.05) is 0 Å². The van der Waals surface area contributed by atoms with Crippen LogP contribution in [0.2, 0.25) is 0 Å². The van der Waals surface area contributed by atoms with Crippen LogP contribution in [0, 0.1) is 0 Å². The minimum absolute atomic E-state index is 1.48. The van der Waals surface area contributed by atoms with Crippen molar-refractivity contribution in [3.63, 3.8) is 0 Å². The van der Waals surface area contributed by atoms with E-state index in [-0.39, 0.29) is 0 Å². The maximum atomic E-state index is 9.54. The summed E-state index contributed by atoms with van der Waals surface area (Å²) < 4.78 is -1.97. The SMILES string of the molecule is O=C([O-])NC(Cl)(Cl)Cl. The molecule has 0 aliphatic carbocycles. The Balaban J connectivity index is 3.55. The Bertz CT molecular complexity index is 97.9. The van der Waals surface area contributed by atoms with Crippen molar-refractivity contribution in [2.24, 2.45) is 0 Å². The van der Waals surface area contributed by atoms with Crippen molar-refractivity contribution in [3.8, 4) is 0 Å². The molecule has 48 valence electrons. The van der Waals surface area contributed by atoms with Crippen LogP contribution in [0.25, 0.3) is 0 Å². The molecular formula is C2HCl3NO2-. The van der Waals surface area contributed by atoms with Crippen LogP contribution < -0.4 is 10.4 Å². The van der Waals surface area contributed by atoms with Gasteiger partial charge in [0.1, 0.15) is 6.09 Å². The van der Waals surface area contributed by atoms with Gasteiger partial charge in [-0.25, -0.2) is 0 Å². The molecule has 0 heterocycles. The van der Waals surface area contributed by atoms with Gasteiger partial charge in [-0.3, -0.25) is 0 Å². The zero-order valence-electron chi connectivity index (χ0n) is 3.45. The Morgan fingerprint density at radius 1 is 1.50 bits per heavy atom. The number of carbonyl (C=O) groups is 1. The predicted molar refractivity (Wildman–Crippen MR) is 28.8 cm³/mol. The second kappa shape index (κ2) is 2.62. The fraction of sp³-hybridized carbons (Fsp3) is 0.500. The van der Waals surface area contributed by atoms with Crippen molar-refractivity contribution in [1.29, 1.82) is 0 Å². The van der Waals surface area contributed by atoms with Gasteiger partial charge >= 0.3 is 0 Å². The number of hydrogen-bond donors (Lipinski definition) is 1. The van der Waals surface area contributed by atoms with Gasteiger partial charge in [0.2, 0.25) is 0 Å². The minimum Gasteiger partial charge on any atom is -0.530 e. The monoisotopic (exact) mass is 176 g/mol. The number of carboxylic acid groups (broad SMARTS) is 1. The highest BCUT2D eigenvalue weighted by Gasteiger charge is 2.17. The number of hydrogen-bond acceptors (Lipinski definition) is 2. The topological polar surface area (TPSA) is 52.2 Å². The summed E-state index contributed by atoms with van der Waals surface area (Å²) in [5, 5.41) is 11.0. The molecular weight excluding hydrogens is 176 g/mol. The maximum absolute atomic E-state index is 9.54. The molecule has 0 aliphatic rings. The highest BCUT2D eigenvalue weighted by atomic mass is 35.6. The van der Waals surface area contributed by atoms with Gasteiger partial charge < -0.3 is 15.2 Å². The van der Waals surface area contributed by atoms with E-state index in [0.29, 0.717) is 0 Å². The van der Waals surface area contributed by atoms with E-state index in [9.17, 15) is 9.90 Å². The third-order valence-corrected chi connectivity index (χ3v) is 0.527. The van der Waals surface area contributed by atoms with Crippen molar-refractivity contribution in [1.82, 2.24) is 5.32 Å². The summed E-state index contributed by atoms with van der Waals surface area (Å²) >= 11 is 14.8. The van der Waals surface area contributed by atoms with Gasteiger partial charge in [0.25, 0.3) is 3.92 Å². The Labute approximate surface area is 60.5 Å². The van der Waals surface area contributed by atoms with E-state index in [0.717, 1.165) is 0 Å². The first-order valence-corrected chi connectivity index (χ1v) is 2.61. The first-order chi connectivity index (χ1) is 3.42. The molecule has 0 fully saturated rings. The first-order valence-electron chi connectivity index (χ1n) is 1.48. The average molecular weight is 177 g/mol. The molecule has 1 N–H and O–H groups in total. The van der Waals surface area contributed by atoms with Gasteiger partial charge in [0.05, 0.1) is 0 Å². The van der Waals surface area contributed by atoms with Crippen LogP contribution in [-0.4, -0.2) is 10.0 Å². The molecule has 0 radical (unpaired) electrons. The van der Waals surface area contributed by atoms with E-state index < -0.39 is 10.0 Å². The van der Waals surface area contributed by atoms with Crippen LogP contribution >= 0.6 is 34.8 Å². The zero-order valence-corrected chi connectivity index (χ0v) is 5.72. The third kappa shape index (κ3) is 6.14. The van der Waals surface area contributed by atoms with E-state index in [4.69, 9.17) is 34.8 Å². The molecule has 0 rings (SSSR count). The summed E-state index contributed by atoms with van der Waals surface area (Å²) in [5.74, 6) is 0. The largest absolute Gasteiger partial charge is 0.530 e. The smallest absolute Gasteiger partial charge is 0.266 e. The molecule has 3 nitrogen and oxygen atoms in total. The van der Waals surface area contributed by atoms with Crippen LogP contribution in [0.15, 0.2) is 0 Å². The minimum atomic E-state index is -1.97. The number of halogens is 3. The molecule has 0 bridgehead atoms. The van der Waals surface area contributed by atoms with Crippen molar-refractivity contribution >= 4 is 40.9 Å². The van der Waals surface area contributed by atoms with Crippen molar-refractivity contribution in [3.05, 3.63) is 0 Å². The van der Waals surface area contributed by atoms with Crippen LogP contribution in [0.4, 0.5) is 4.79 Å². The van der Waals surface area contributed by atoms with Gasteiger partial charge in [-0.1, -0.05) is 34.8 Å². The standard InChI is InChI=1S/C2H2Cl3NO2/c3-2(4,5)6-1(7)8/h6H,(H,7,8)/p-1. The Morgan fingerprint density at radius 3 is 1.88 bits per heavy atom. The molecule has 0 saturated heterocycles. The normalized spacial score (nSPS) is 10.9. The molecule has 0 aromatic heterocycles. The van der Waals surface area contributed by atoms with Gasteiger partial charge in [-0.05, 0) is 0 Å². The molecule has 6 heteroatoms. The van der Waals surface area contributed by atoms with E-state index in [1.54, 1.807) is 0 Å². The lowest BCUT2D eigenvalue weighted by atomic mass is 11.1.